The van der Waals surface area contributed by atoms with Gasteiger partial charge in [-0.05, 0) is 32.1 Å². The van der Waals surface area contributed by atoms with Crippen LogP contribution in [-0.4, -0.2) is 28.7 Å². The number of carbonyl (C=O) groups excluding carboxylic acids is 1. The Balaban J connectivity index is 2.56. The molecule has 0 N–H and O–H groups in total. The van der Waals surface area contributed by atoms with Crippen molar-refractivity contribution in [2.75, 3.05) is 11.9 Å². The Labute approximate surface area is 108 Å². The van der Waals surface area contributed by atoms with Crippen LogP contribution in [-0.2, 0) is 4.79 Å². The predicted octanol–water partition coefficient (Wildman–Crippen LogP) is 3.59. The number of hydrogen-bond donors (Lipinski definition) is 0. The number of amides is 1. The number of rotatable bonds is 5. The van der Waals surface area contributed by atoms with E-state index in [0.717, 1.165) is 31.1 Å². The fraction of sp³-hybridized carbons (Fsp3) is 0.923. The number of piperidine rings is 1. The number of halogens is 1. The van der Waals surface area contributed by atoms with E-state index >= 15 is 0 Å². The van der Waals surface area contributed by atoms with Gasteiger partial charge in [-0.2, -0.15) is 0 Å². The van der Waals surface area contributed by atoms with Crippen molar-refractivity contribution in [3.63, 3.8) is 0 Å². The van der Waals surface area contributed by atoms with E-state index in [0.29, 0.717) is 11.9 Å². The third-order valence-electron chi connectivity index (χ3n) is 3.50. The van der Waals surface area contributed by atoms with Gasteiger partial charge in [0.15, 0.2) is 0 Å². The first-order valence-corrected chi connectivity index (χ1v) is 7.69. The van der Waals surface area contributed by atoms with Crippen LogP contribution < -0.4 is 0 Å². The number of alkyl halides is 1. The van der Waals surface area contributed by atoms with E-state index in [9.17, 15) is 4.79 Å². The maximum absolute atomic E-state index is 12.3. The Morgan fingerprint density at radius 3 is 2.88 bits per heavy atom. The van der Waals surface area contributed by atoms with Crippen LogP contribution in [0, 0.1) is 5.92 Å². The highest BCUT2D eigenvalue weighted by atomic mass is 79.9. The van der Waals surface area contributed by atoms with Crippen LogP contribution in [0.25, 0.3) is 0 Å². The Hall–Kier alpha value is -0.0500. The van der Waals surface area contributed by atoms with Crippen molar-refractivity contribution in [1.82, 2.24) is 4.90 Å². The molecule has 1 amide bonds. The van der Waals surface area contributed by atoms with Crippen molar-refractivity contribution in [3.8, 4) is 0 Å². The molecule has 94 valence electrons. The van der Waals surface area contributed by atoms with Crippen LogP contribution >= 0.6 is 15.9 Å². The van der Waals surface area contributed by atoms with Crippen LogP contribution in [0.2, 0.25) is 0 Å². The molecule has 0 saturated carbocycles. The summed E-state index contributed by atoms with van der Waals surface area (Å²) in [6, 6.07) is 0.486. The van der Waals surface area contributed by atoms with E-state index in [1.54, 1.807) is 0 Å². The average molecular weight is 290 g/mol. The topological polar surface area (TPSA) is 20.3 Å². The maximum atomic E-state index is 12.3. The van der Waals surface area contributed by atoms with Gasteiger partial charge in [-0.3, -0.25) is 4.79 Å². The molecule has 3 heteroatoms. The van der Waals surface area contributed by atoms with Crippen molar-refractivity contribution in [3.05, 3.63) is 0 Å². The fourth-order valence-electron chi connectivity index (χ4n) is 2.56. The molecular formula is C13H24BrNO. The van der Waals surface area contributed by atoms with Crippen LogP contribution in [0.3, 0.4) is 0 Å². The first-order chi connectivity index (χ1) is 7.70. The molecule has 0 aromatic heterocycles. The normalized spacial score (nSPS) is 23.2. The van der Waals surface area contributed by atoms with Crippen LogP contribution in [0.15, 0.2) is 0 Å². The van der Waals surface area contributed by atoms with Gasteiger partial charge >= 0.3 is 0 Å². The van der Waals surface area contributed by atoms with Gasteiger partial charge in [-0.1, -0.05) is 36.2 Å². The lowest BCUT2D eigenvalue weighted by atomic mass is 9.96. The molecule has 1 rings (SSSR count). The number of likely N-dealkylation sites (tertiary alicyclic amines) is 1. The highest BCUT2D eigenvalue weighted by Gasteiger charge is 2.28. The Morgan fingerprint density at radius 2 is 2.25 bits per heavy atom. The summed E-state index contributed by atoms with van der Waals surface area (Å²) in [5.74, 6) is 0.591. The van der Waals surface area contributed by atoms with Crippen LogP contribution in [0.5, 0.6) is 0 Å². The number of hydrogen-bond acceptors (Lipinski definition) is 1. The molecule has 0 aromatic rings. The third kappa shape index (κ3) is 3.76. The SMILES string of the molecule is CCCC(C)C(=O)N1CCCCC1CCBr. The minimum Gasteiger partial charge on any atom is -0.339 e. The molecule has 0 aliphatic carbocycles. The lowest BCUT2D eigenvalue weighted by molar-refractivity contribution is -0.139. The van der Waals surface area contributed by atoms with Gasteiger partial charge in [-0.15, -0.1) is 0 Å². The first kappa shape index (κ1) is 14.0. The van der Waals surface area contributed by atoms with Crippen molar-refractivity contribution in [2.24, 2.45) is 5.92 Å². The van der Waals surface area contributed by atoms with Crippen molar-refractivity contribution < 1.29 is 4.79 Å². The second-order valence-electron chi connectivity index (χ2n) is 4.85. The van der Waals surface area contributed by atoms with E-state index in [2.05, 4.69) is 34.7 Å². The second kappa shape index (κ2) is 7.31. The quantitative estimate of drug-likeness (QED) is 0.709. The van der Waals surface area contributed by atoms with Gasteiger partial charge < -0.3 is 4.90 Å². The molecule has 0 radical (unpaired) electrons. The molecule has 1 aliphatic heterocycles. The summed E-state index contributed by atoms with van der Waals surface area (Å²) >= 11 is 3.49. The molecule has 1 aliphatic rings. The van der Waals surface area contributed by atoms with E-state index in [-0.39, 0.29) is 5.92 Å². The third-order valence-corrected chi connectivity index (χ3v) is 3.95. The van der Waals surface area contributed by atoms with E-state index < -0.39 is 0 Å². The van der Waals surface area contributed by atoms with Crippen molar-refractivity contribution in [1.29, 1.82) is 0 Å². The summed E-state index contributed by atoms with van der Waals surface area (Å²) in [5.41, 5.74) is 0. The average Bonchev–Trinajstić information content (AvgIpc) is 2.29. The zero-order valence-electron chi connectivity index (χ0n) is 10.5. The molecule has 1 saturated heterocycles. The number of carbonyl (C=O) groups is 1. The summed E-state index contributed by atoms with van der Waals surface area (Å²) in [5, 5.41) is 1.00. The molecule has 1 fully saturated rings. The van der Waals surface area contributed by atoms with Gasteiger partial charge in [0.2, 0.25) is 5.91 Å². The fourth-order valence-corrected chi connectivity index (χ4v) is 3.08. The van der Waals surface area contributed by atoms with Gasteiger partial charge in [0.1, 0.15) is 0 Å². The summed E-state index contributed by atoms with van der Waals surface area (Å²) in [6.45, 7) is 5.20. The summed E-state index contributed by atoms with van der Waals surface area (Å²) < 4.78 is 0. The van der Waals surface area contributed by atoms with Gasteiger partial charge in [0, 0.05) is 23.8 Å². The van der Waals surface area contributed by atoms with Gasteiger partial charge in [0.25, 0.3) is 0 Å². The standard InChI is InChI=1S/C13H24BrNO/c1-3-6-11(2)13(16)15-10-5-4-7-12(15)8-9-14/h11-12H,3-10H2,1-2H3. The van der Waals surface area contributed by atoms with E-state index in [1.807, 2.05) is 0 Å². The molecule has 16 heavy (non-hydrogen) atoms. The lowest BCUT2D eigenvalue weighted by Gasteiger charge is -2.37. The summed E-state index contributed by atoms with van der Waals surface area (Å²) in [6.07, 6.45) is 6.88. The zero-order valence-corrected chi connectivity index (χ0v) is 12.1. The molecular weight excluding hydrogens is 266 g/mol. The number of nitrogens with zero attached hydrogens (tertiary/aromatic N) is 1. The van der Waals surface area contributed by atoms with Crippen molar-refractivity contribution >= 4 is 21.8 Å². The van der Waals surface area contributed by atoms with E-state index in [4.69, 9.17) is 0 Å². The van der Waals surface area contributed by atoms with Gasteiger partial charge in [-0.25, -0.2) is 0 Å². The Morgan fingerprint density at radius 1 is 1.50 bits per heavy atom. The monoisotopic (exact) mass is 289 g/mol. The van der Waals surface area contributed by atoms with Crippen molar-refractivity contribution in [2.45, 2.75) is 58.4 Å². The summed E-state index contributed by atoms with van der Waals surface area (Å²) in [4.78, 5) is 14.4. The molecule has 0 spiro atoms. The highest BCUT2D eigenvalue weighted by Crippen LogP contribution is 2.23. The molecule has 1 heterocycles. The van der Waals surface area contributed by atoms with E-state index in [1.165, 1.54) is 19.3 Å². The first-order valence-electron chi connectivity index (χ1n) is 6.57. The second-order valence-corrected chi connectivity index (χ2v) is 5.64. The maximum Gasteiger partial charge on any atom is 0.225 e. The Kier molecular flexibility index (Phi) is 6.40. The molecule has 0 aromatic carbocycles. The van der Waals surface area contributed by atoms with Crippen LogP contribution in [0.4, 0.5) is 0 Å². The molecule has 0 bridgehead atoms. The Bertz CT molecular complexity index is 218. The molecule has 2 unspecified atom stereocenters. The van der Waals surface area contributed by atoms with Gasteiger partial charge in [0.05, 0.1) is 0 Å². The lowest BCUT2D eigenvalue weighted by Crippen LogP contribution is -2.46. The minimum atomic E-state index is 0.209. The van der Waals surface area contributed by atoms with Crippen LogP contribution in [0.1, 0.15) is 52.4 Å². The molecule has 2 atom stereocenters. The predicted molar refractivity (Wildman–Crippen MR) is 71.8 cm³/mol. The minimum absolute atomic E-state index is 0.209. The largest absolute Gasteiger partial charge is 0.339 e. The molecule has 2 nitrogen and oxygen atoms in total. The smallest absolute Gasteiger partial charge is 0.225 e. The summed E-state index contributed by atoms with van der Waals surface area (Å²) in [7, 11) is 0. The zero-order chi connectivity index (χ0) is 12.0. The highest BCUT2D eigenvalue weighted by molar-refractivity contribution is 9.09.